The van der Waals surface area contributed by atoms with E-state index < -0.39 is 0 Å². The van der Waals surface area contributed by atoms with Gasteiger partial charge >= 0.3 is 0 Å². The average Bonchev–Trinajstić information content (AvgIpc) is 2.37. The molecule has 1 saturated carbocycles. The molecule has 1 rings (SSSR count). The average molecular weight is 268 g/mol. The Balaban J connectivity index is 2.84. The molecule has 0 heterocycles. The van der Waals surface area contributed by atoms with Crippen molar-refractivity contribution >= 4 is 0 Å². The summed E-state index contributed by atoms with van der Waals surface area (Å²) in [5.74, 6) is 2.39. The molecule has 0 bridgehead atoms. The Bertz CT molecular complexity index is 252. The van der Waals surface area contributed by atoms with Gasteiger partial charge in [-0.1, -0.05) is 34.6 Å². The molecule has 1 aliphatic rings. The Morgan fingerprint density at radius 2 is 1.53 bits per heavy atom. The molecule has 0 aromatic rings. The van der Waals surface area contributed by atoms with Crippen molar-refractivity contribution in [2.24, 2.45) is 23.5 Å². The van der Waals surface area contributed by atoms with Crippen molar-refractivity contribution in [2.75, 3.05) is 13.1 Å². The zero-order chi connectivity index (χ0) is 14.6. The number of rotatable bonds is 6. The summed E-state index contributed by atoms with van der Waals surface area (Å²) in [6.07, 6.45) is 5.18. The second-order valence-corrected chi connectivity index (χ2v) is 7.09. The molecule has 4 atom stereocenters. The first-order valence-electron chi connectivity index (χ1n) is 8.39. The third kappa shape index (κ3) is 3.72. The number of nitrogens with two attached hydrogens (primary N) is 1. The first kappa shape index (κ1) is 17.0. The normalized spacial score (nSPS) is 33.2. The van der Waals surface area contributed by atoms with Crippen molar-refractivity contribution in [3.8, 4) is 0 Å². The van der Waals surface area contributed by atoms with Crippen LogP contribution in [-0.2, 0) is 0 Å². The molecule has 2 N–H and O–H groups in total. The van der Waals surface area contributed by atoms with E-state index in [2.05, 4.69) is 46.4 Å². The second kappa shape index (κ2) is 7.08. The van der Waals surface area contributed by atoms with Gasteiger partial charge in [0.25, 0.3) is 0 Å². The van der Waals surface area contributed by atoms with E-state index >= 15 is 0 Å². The fourth-order valence-corrected chi connectivity index (χ4v) is 4.43. The van der Waals surface area contributed by atoms with Crippen LogP contribution in [0.25, 0.3) is 0 Å². The van der Waals surface area contributed by atoms with E-state index in [0.29, 0.717) is 12.0 Å². The van der Waals surface area contributed by atoms with Gasteiger partial charge < -0.3 is 5.73 Å². The minimum absolute atomic E-state index is 0.158. The van der Waals surface area contributed by atoms with Gasteiger partial charge in [0.15, 0.2) is 0 Å². The summed E-state index contributed by atoms with van der Waals surface area (Å²) in [5.41, 5.74) is 6.93. The van der Waals surface area contributed by atoms with Crippen molar-refractivity contribution in [3.63, 3.8) is 0 Å². The maximum absolute atomic E-state index is 6.77. The predicted molar refractivity (Wildman–Crippen MR) is 85.3 cm³/mol. The maximum atomic E-state index is 6.77. The Hall–Kier alpha value is -0.0800. The van der Waals surface area contributed by atoms with Gasteiger partial charge in [-0.15, -0.1) is 0 Å². The SMILES string of the molecule is CCN(CC)C(C)(CC)C(N)C1CC(C)CC(C)C1. The predicted octanol–water partition coefficient (Wildman–Crippen LogP) is 3.90. The number of hydrogen-bond donors (Lipinski definition) is 1. The van der Waals surface area contributed by atoms with E-state index in [1.54, 1.807) is 0 Å². The van der Waals surface area contributed by atoms with Crippen molar-refractivity contribution in [1.29, 1.82) is 0 Å². The summed E-state index contributed by atoms with van der Waals surface area (Å²) in [4.78, 5) is 2.57. The molecule has 19 heavy (non-hydrogen) atoms. The minimum Gasteiger partial charge on any atom is -0.326 e. The number of nitrogens with zero attached hydrogens (tertiary/aromatic N) is 1. The largest absolute Gasteiger partial charge is 0.326 e. The van der Waals surface area contributed by atoms with Crippen LogP contribution in [-0.4, -0.2) is 29.6 Å². The zero-order valence-corrected chi connectivity index (χ0v) is 14.1. The Kier molecular flexibility index (Phi) is 6.32. The van der Waals surface area contributed by atoms with E-state index in [-0.39, 0.29) is 5.54 Å². The van der Waals surface area contributed by atoms with Crippen LogP contribution < -0.4 is 5.73 Å². The van der Waals surface area contributed by atoms with Crippen molar-refractivity contribution in [3.05, 3.63) is 0 Å². The summed E-state index contributed by atoms with van der Waals surface area (Å²) < 4.78 is 0. The van der Waals surface area contributed by atoms with Gasteiger partial charge in [0.2, 0.25) is 0 Å². The summed E-state index contributed by atoms with van der Waals surface area (Å²) in [7, 11) is 0. The molecule has 2 heteroatoms. The molecule has 0 saturated heterocycles. The van der Waals surface area contributed by atoms with E-state index in [9.17, 15) is 0 Å². The van der Waals surface area contributed by atoms with Gasteiger partial charge in [-0.3, -0.25) is 4.90 Å². The lowest BCUT2D eigenvalue weighted by atomic mass is 9.68. The number of hydrogen-bond acceptors (Lipinski definition) is 2. The molecule has 4 unspecified atom stereocenters. The summed E-state index contributed by atoms with van der Waals surface area (Å²) >= 11 is 0. The van der Waals surface area contributed by atoms with Crippen LogP contribution in [0.5, 0.6) is 0 Å². The van der Waals surface area contributed by atoms with Crippen molar-refractivity contribution in [2.45, 2.75) is 78.8 Å². The lowest BCUT2D eigenvalue weighted by Gasteiger charge is -2.49. The van der Waals surface area contributed by atoms with Gasteiger partial charge in [0, 0.05) is 11.6 Å². The van der Waals surface area contributed by atoms with Crippen LogP contribution in [0.2, 0.25) is 0 Å². The van der Waals surface area contributed by atoms with Crippen molar-refractivity contribution in [1.82, 2.24) is 4.90 Å². The van der Waals surface area contributed by atoms with Crippen LogP contribution in [0.3, 0.4) is 0 Å². The lowest BCUT2D eigenvalue weighted by Crippen LogP contribution is -2.61. The van der Waals surface area contributed by atoms with Gasteiger partial charge in [-0.05, 0) is 63.5 Å². The molecule has 0 amide bonds. The Labute approximate surface area is 121 Å². The molecule has 2 nitrogen and oxygen atoms in total. The molecule has 0 aromatic carbocycles. The van der Waals surface area contributed by atoms with Crippen LogP contribution >= 0.6 is 0 Å². The molecule has 114 valence electrons. The van der Waals surface area contributed by atoms with E-state index in [1.807, 2.05) is 0 Å². The van der Waals surface area contributed by atoms with E-state index in [0.717, 1.165) is 31.3 Å². The highest BCUT2D eigenvalue weighted by atomic mass is 15.2. The van der Waals surface area contributed by atoms with Gasteiger partial charge in [0.1, 0.15) is 0 Å². The highest BCUT2D eigenvalue weighted by molar-refractivity contribution is 4.99. The van der Waals surface area contributed by atoms with Gasteiger partial charge in [0.05, 0.1) is 0 Å². The third-order valence-electron chi connectivity index (χ3n) is 5.64. The maximum Gasteiger partial charge on any atom is 0.0332 e. The summed E-state index contributed by atoms with van der Waals surface area (Å²) in [6, 6.07) is 0.308. The molecule has 1 aliphatic carbocycles. The minimum atomic E-state index is 0.158. The molecule has 1 fully saturated rings. The van der Waals surface area contributed by atoms with Crippen LogP contribution in [0.4, 0.5) is 0 Å². The molecule has 0 radical (unpaired) electrons. The smallest absolute Gasteiger partial charge is 0.0332 e. The molecule has 0 spiro atoms. The van der Waals surface area contributed by atoms with Gasteiger partial charge in [-0.25, -0.2) is 0 Å². The Morgan fingerprint density at radius 3 is 1.89 bits per heavy atom. The highest BCUT2D eigenvalue weighted by Gasteiger charge is 2.41. The fourth-order valence-electron chi connectivity index (χ4n) is 4.43. The summed E-state index contributed by atoms with van der Waals surface area (Å²) in [6.45, 7) is 16.2. The summed E-state index contributed by atoms with van der Waals surface area (Å²) in [5, 5.41) is 0. The van der Waals surface area contributed by atoms with Crippen LogP contribution in [0.15, 0.2) is 0 Å². The monoisotopic (exact) mass is 268 g/mol. The number of likely N-dealkylation sites (N-methyl/N-ethyl adjacent to an activating group) is 1. The Morgan fingerprint density at radius 1 is 1.05 bits per heavy atom. The zero-order valence-electron chi connectivity index (χ0n) is 14.1. The van der Waals surface area contributed by atoms with Crippen LogP contribution in [0.1, 0.15) is 67.2 Å². The van der Waals surface area contributed by atoms with Crippen LogP contribution in [0, 0.1) is 17.8 Å². The standard InChI is InChI=1S/C17H36N2/c1-7-17(6,19(8-2)9-3)16(18)15-11-13(4)10-14(5)12-15/h13-16H,7-12,18H2,1-6H3. The third-order valence-corrected chi connectivity index (χ3v) is 5.64. The topological polar surface area (TPSA) is 29.3 Å². The van der Waals surface area contributed by atoms with Gasteiger partial charge in [-0.2, -0.15) is 0 Å². The van der Waals surface area contributed by atoms with Crippen molar-refractivity contribution < 1.29 is 0 Å². The molecule has 0 aromatic heterocycles. The molecular formula is C17H36N2. The second-order valence-electron chi connectivity index (χ2n) is 7.09. The molecular weight excluding hydrogens is 232 g/mol. The quantitative estimate of drug-likeness (QED) is 0.791. The van der Waals surface area contributed by atoms with E-state index in [4.69, 9.17) is 5.73 Å². The highest BCUT2D eigenvalue weighted by Crippen LogP contribution is 2.38. The fraction of sp³-hybridized carbons (Fsp3) is 1.00. The lowest BCUT2D eigenvalue weighted by molar-refractivity contribution is 0.0410. The first-order chi connectivity index (χ1) is 8.88. The first-order valence-corrected chi connectivity index (χ1v) is 8.39. The molecule has 0 aliphatic heterocycles. The van der Waals surface area contributed by atoms with E-state index in [1.165, 1.54) is 19.3 Å².